The van der Waals surface area contributed by atoms with E-state index in [0.29, 0.717) is 27.9 Å². The average molecular weight is 460 g/mol. The standard InChI is InChI=1S/C21H21N3O5S2/c1-26-14-7-5-12(6-8-14)15-11-31-21(22-15)24-20(30)23-19(25)13-9-16(27-2)18(29-4)17(10-13)28-3/h5-11H,1-4H3,(H2,22,23,24,25,30). The lowest BCUT2D eigenvalue weighted by Gasteiger charge is -2.14. The lowest BCUT2D eigenvalue weighted by Crippen LogP contribution is -2.34. The SMILES string of the molecule is COc1ccc(-c2csc(NC(=S)NC(=O)c3cc(OC)c(OC)c(OC)c3)n2)cc1. The van der Waals surface area contributed by atoms with Crippen molar-refractivity contribution in [2.45, 2.75) is 0 Å². The highest BCUT2D eigenvalue weighted by Crippen LogP contribution is 2.38. The van der Waals surface area contributed by atoms with Gasteiger partial charge in [0.2, 0.25) is 5.75 Å². The Morgan fingerprint density at radius 1 is 0.968 bits per heavy atom. The second kappa shape index (κ2) is 10.1. The maximum atomic E-state index is 12.6. The van der Waals surface area contributed by atoms with E-state index in [0.717, 1.165) is 17.0 Å². The number of thiazole rings is 1. The van der Waals surface area contributed by atoms with Gasteiger partial charge in [0.25, 0.3) is 5.91 Å². The summed E-state index contributed by atoms with van der Waals surface area (Å²) in [4.78, 5) is 17.2. The fourth-order valence-electron chi connectivity index (χ4n) is 2.74. The van der Waals surface area contributed by atoms with Crippen LogP contribution in [0.4, 0.5) is 5.13 Å². The molecule has 0 aliphatic heterocycles. The zero-order valence-electron chi connectivity index (χ0n) is 17.3. The summed E-state index contributed by atoms with van der Waals surface area (Å²) < 4.78 is 21.0. The summed E-state index contributed by atoms with van der Waals surface area (Å²) in [7, 11) is 6.07. The molecule has 0 bridgehead atoms. The van der Waals surface area contributed by atoms with Crippen LogP contribution in [-0.2, 0) is 0 Å². The van der Waals surface area contributed by atoms with E-state index in [9.17, 15) is 4.79 Å². The van der Waals surface area contributed by atoms with Gasteiger partial charge in [0, 0.05) is 16.5 Å². The molecule has 3 aromatic rings. The molecule has 1 heterocycles. The van der Waals surface area contributed by atoms with Crippen molar-refractivity contribution in [2.24, 2.45) is 0 Å². The minimum absolute atomic E-state index is 0.120. The molecule has 10 heteroatoms. The highest BCUT2D eigenvalue weighted by atomic mass is 32.1. The first kappa shape index (κ1) is 22.3. The number of amides is 1. The molecule has 0 unspecified atom stereocenters. The number of aromatic nitrogens is 1. The lowest BCUT2D eigenvalue weighted by molar-refractivity contribution is 0.0977. The van der Waals surface area contributed by atoms with Crippen LogP contribution < -0.4 is 29.6 Å². The number of rotatable bonds is 7. The molecule has 0 spiro atoms. The maximum Gasteiger partial charge on any atom is 0.257 e. The van der Waals surface area contributed by atoms with Gasteiger partial charge in [-0.25, -0.2) is 4.98 Å². The Balaban J connectivity index is 1.68. The Morgan fingerprint density at radius 2 is 1.61 bits per heavy atom. The predicted molar refractivity (Wildman–Crippen MR) is 124 cm³/mol. The van der Waals surface area contributed by atoms with Gasteiger partial charge in [0.15, 0.2) is 21.7 Å². The molecule has 0 aliphatic carbocycles. The van der Waals surface area contributed by atoms with E-state index in [2.05, 4.69) is 15.6 Å². The number of methoxy groups -OCH3 is 4. The van der Waals surface area contributed by atoms with Crippen molar-refractivity contribution in [3.63, 3.8) is 0 Å². The monoisotopic (exact) mass is 459 g/mol. The van der Waals surface area contributed by atoms with E-state index in [1.165, 1.54) is 32.7 Å². The van der Waals surface area contributed by atoms with Gasteiger partial charge in [-0.05, 0) is 48.6 Å². The number of hydrogen-bond acceptors (Lipinski definition) is 8. The van der Waals surface area contributed by atoms with Gasteiger partial charge in [0.05, 0.1) is 34.1 Å². The van der Waals surface area contributed by atoms with Crippen molar-refractivity contribution in [3.8, 4) is 34.3 Å². The molecule has 2 N–H and O–H groups in total. The topological polar surface area (TPSA) is 90.9 Å². The molecule has 0 saturated heterocycles. The quantitative estimate of drug-likeness (QED) is 0.513. The van der Waals surface area contributed by atoms with Gasteiger partial charge >= 0.3 is 0 Å². The fourth-order valence-corrected chi connectivity index (χ4v) is 3.72. The van der Waals surface area contributed by atoms with Gasteiger partial charge in [-0.15, -0.1) is 11.3 Å². The molecule has 8 nitrogen and oxygen atoms in total. The van der Waals surface area contributed by atoms with Crippen LogP contribution in [0.3, 0.4) is 0 Å². The van der Waals surface area contributed by atoms with Crippen molar-refractivity contribution in [1.29, 1.82) is 0 Å². The highest BCUT2D eigenvalue weighted by molar-refractivity contribution is 7.80. The summed E-state index contributed by atoms with van der Waals surface area (Å²) in [5, 5.41) is 8.13. The Labute approximate surface area is 189 Å². The lowest BCUT2D eigenvalue weighted by atomic mass is 10.1. The van der Waals surface area contributed by atoms with Gasteiger partial charge in [-0.2, -0.15) is 0 Å². The van der Waals surface area contributed by atoms with Crippen molar-refractivity contribution in [3.05, 3.63) is 47.3 Å². The number of carbonyl (C=O) groups excluding carboxylic acids is 1. The Morgan fingerprint density at radius 3 is 2.16 bits per heavy atom. The molecule has 0 atom stereocenters. The molecule has 0 aliphatic rings. The molecular formula is C21H21N3O5S2. The van der Waals surface area contributed by atoms with Crippen LogP contribution in [0, 0.1) is 0 Å². The van der Waals surface area contributed by atoms with E-state index in [1.54, 1.807) is 19.2 Å². The molecule has 2 aromatic carbocycles. The molecular weight excluding hydrogens is 438 g/mol. The van der Waals surface area contributed by atoms with Crippen molar-refractivity contribution >= 4 is 39.7 Å². The third-order valence-electron chi connectivity index (χ3n) is 4.26. The molecule has 0 fully saturated rings. The maximum absolute atomic E-state index is 12.6. The summed E-state index contributed by atoms with van der Waals surface area (Å²) in [5.74, 6) is 1.48. The molecule has 0 radical (unpaired) electrons. The molecule has 3 rings (SSSR count). The van der Waals surface area contributed by atoms with E-state index in [4.69, 9.17) is 31.2 Å². The summed E-state index contributed by atoms with van der Waals surface area (Å²) in [6.45, 7) is 0. The number of thiocarbonyl (C=S) groups is 1. The number of carbonyl (C=O) groups is 1. The van der Waals surface area contributed by atoms with Crippen LogP contribution >= 0.6 is 23.6 Å². The largest absolute Gasteiger partial charge is 0.497 e. The van der Waals surface area contributed by atoms with Crippen LogP contribution in [0.15, 0.2) is 41.8 Å². The van der Waals surface area contributed by atoms with Gasteiger partial charge in [-0.3, -0.25) is 10.1 Å². The third-order valence-corrected chi connectivity index (χ3v) is 5.23. The van der Waals surface area contributed by atoms with Gasteiger partial charge in [0.1, 0.15) is 5.75 Å². The summed E-state index contributed by atoms with van der Waals surface area (Å²) in [6.07, 6.45) is 0. The number of nitrogens with one attached hydrogen (secondary N) is 2. The zero-order chi connectivity index (χ0) is 22.4. The van der Waals surface area contributed by atoms with Crippen LogP contribution in [0.5, 0.6) is 23.0 Å². The van der Waals surface area contributed by atoms with Crippen molar-refractivity contribution in [1.82, 2.24) is 10.3 Å². The van der Waals surface area contributed by atoms with Crippen molar-refractivity contribution in [2.75, 3.05) is 33.8 Å². The minimum Gasteiger partial charge on any atom is -0.497 e. The van der Waals surface area contributed by atoms with E-state index in [1.807, 2.05) is 29.6 Å². The Bertz CT molecular complexity index is 1060. The third kappa shape index (κ3) is 5.22. The first-order valence-corrected chi connectivity index (χ1v) is 10.3. The number of nitrogens with zero attached hydrogens (tertiary/aromatic N) is 1. The molecule has 0 saturated carbocycles. The smallest absolute Gasteiger partial charge is 0.257 e. The minimum atomic E-state index is -0.427. The molecule has 31 heavy (non-hydrogen) atoms. The van der Waals surface area contributed by atoms with Crippen LogP contribution in [0.25, 0.3) is 11.3 Å². The number of anilines is 1. The second-order valence-electron chi connectivity index (χ2n) is 6.09. The normalized spacial score (nSPS) is 10.2. The number of ether oxygens (including phenoxy) is 4. The highest BCUT2D eigenvalue weighted by Gasteiger charge is 2.18. The zero-order valence-corrected chi connectivity index (χ0v) is 19.0. The summed E-state index contributed by atoms with van der Waals surface area (Å²) in [5.41, 5.74) is 2.03. The average Bonchev–Trinajstić information content (AvgIpc) is 3.26. The molecule has 1 aromatic heterocycles. The van der Waals surface area contributed by atoms with Crippen LogP contribution in [-0.4, -0.2) is 44.4 Å². The Hall–Kier alpha value is -3.37. The fraction of sp³-hybridized carbons (Fsp3) is 0.190. The van der Waals surface area contributed by atoms with Crippen LogP contribution in [0.1, 0.15) is 10.4 Å². The van der Waals surface area contributed by atoms with Crippen LogP contribution in [0.2, 0.25) is 0 Å². The van der Waals surface area contributed by atoms with E-state index >= 15 is 0 Å². The van der Waals surface area contributed by atoms with Gasteiger partial charge in [-0.1, -0.05) is 0 Å². The van der Waals surface area contributed by atoms with Crippen molar-refractivity contribution < 1.29 is 23.7 Å². The first-order valence-electron chi connectivity index (χ1n) is 9.01. The first-order chi connectivity index (χ1) is 15.0. The predicted octanol–water partition coefficient (Wildman–Crippen LogP) is 3.97. The molecule has 1 amide bonds. The van der Waals surface area contributed by atoms with Gasteiger partial charge < -0.3 is 24.3 Å². The van der Waals surface area contributed by atoms with E-state index < -0.39 is 5.91 Å². The summed E-state index contributed by atoms with van der Waals surface area (Å²) in [6, 6.07) is 10.7. The molecule has 162 valence electrons. The number of benzene rings is 2. The summed E-state index contributed by atoms with van der Waals surface area (Å²) >= 11 is 6.64. The number of hydrogen-bond donors (Lipinski definition) is 2. The van der Waals surface area contributed by atoms with E-state index in [-0.39, 0.29) is 5.11 Å². The second-order valence-corrected chi connectivity index (χ2v) is 7.36. The Kier molecular flexibility index (Phi) is 7.27.